The predicted molar refractivity (Wildman–Crippen MR) is 75.9 cm³/mol. The third kappa shape index (κ3) is 4.28. The Morgan fingerprint density at radius 2 is 1.74 bits per heavy atom. The van der Waals surface area contributed by atoms with Gasteiger partial charge in [0.25, 0.3) is 0 Å². The van der Waals surface area contributed by atoms with E-state index in [-0.39, 0.29) is 12.8 Å². The van der Waals surface area contributed by atoms with Gasteiger partial charge in [-0.2, -0.15) is 0 Å². The molecule has 1 saturated heterocycles. The van der Waals surface area contributed by atoms with E-state index >= 15 is 0 Å². The Morgan fingerprint density at radius 1 is 1.11 bits per heavy atom. The number of benzene rings is 1. The van der Waals surface area contributed by atoms with Crippen molar-refractivity contribution in [1.29, 1.82) is 0 Å². The zero-order chi connectivity index (χ0) is 13.5. The van der Waals surface area contributed by atoms with Gasteiger partial charge >= 0.3 is 0 Å². The van der Waals surface area contributed by atoms with Crippen LogP contribution < -0.4 is 0 Å². The maximum absolute atomic E-state index is 9.10. The summed E-state index contributed by atoms with van der Waals surface area (Å²) in [5.41, 5.74) is 1.24. The fourth-order valence-corrected chi connectivity index (χ4v) is 2.47. The second kappa shape index (κ2) is 7.60. The van der Waals surface area contributed by atoms with Crippen molar-refractivity contribution >= 4 is 0 Å². The van der Waals surface area contributed by atoms with Gasteiger partial charge in [0.2, 0.25) is 0 Å². The molecule has 1 aromatic rings. The van der Waals surface area contributed by atoms with Crippen LogP contribution in [0.25, 0.3) is 0 Å². The summed E-state index contributed by atoms with van der Waals surface area (Å²) in [4.78, 5) is 4.48. The Labute approximate surface area is 115 Å². The van der Waals surface area contributed by atoms with Gasteiger partial charge in [0.1, 0.15) is 0 Å². The molecule has 1 atom stereocenters. The minimum absolute atomic E-state index is 0.145. The van der Waals surface area contributed by atoms with E-state index in [0.29, 0.717) is 0 Å². The minimum Gasteiger partial charge on any atom is -0.381 e. The third-order valence-electron chi connectivity index (χ3n) is 3.63. The second-order valence-corrected chi connectivity index (χ2v) is 4.91. The second-order valence-electron chi connectivity index (χ2n) is 4.91. The molecule has 1 heterocycles. The van der Waals surface area contributed by atoms with Gasteiger partial charge in [-0.3, -0.25) is 9.80 Å². The third-order valence-corrected chi connectivity index (χ3v) is 3.63. The smallest absolute Gasteiger partial charge is 0.0957 e. The van der Waals surface area contributed by atoms with Crippen LogP contribution in [-0.2, 0) is 4.74 Å². The predicted octanol–water partition coefficient (Wildman–Crippen LogP) is 1.33. The van der Waals surface area contributed by atoms with Crippen molar-refractivity contribution in [1.82, 2.24) is 9.80 Å². The first kappa shape index (κ1) is 14.5. The first-order chi connectivity index (χ1) is 9.33. The van der Waals surface area contributed by atoms with Crippen molar-refractivity contribution in [2.75, 3.05) is 46.1 Å². The van der Waals surface area contributed by atoms with Gasteiger partial charge in [-0.25, -0.2) is 0 Å². The molecule has 2 rings (SSSR count). The van der Waals surface area contributed by atoms with Crippen LogP contribution in [0.1, 0.15) is 18.6 Å². The standard InChI is InChI=1S/C15H24N2O2/c1-2-19-15(14-6-4-3-5-7-14)12-16-8-10-17(13-18)11-9-16/h3-7,15,18H,2,8-13H2,1H3. The lowest BCUT2D eigenvalue weighted by Crippen LogP contribution is -2.47. The molecular formula is C15H24N2O2. The van der Waals surface area contributed by atoms with Crippen LogP contribution in [0.15, 0.2) is 30.3 Å². The molecule has 1 N–H and O–H groups in total. The Balaban J connectivity index is 1.91. The van der Waals surface area contributed by atoms with Crippen LogP contribution in [0.5, 0.6) is 0 Å². The fraction of sp³-hybridized carbons (Fsp3) is 0.600. The van der Waals surface area contributed by atoms with Crippen LogP contribution in [0.3, 0.4) is 0 Å². The summed E-state index contributed by atoms with van der Waals surface area (Å²) in [7, 11) is 0. The fourth-order valence-electron chi connectivity index (χ4n) is 2.47. The van der Waals surface area contributed by atoms with Crippen LogP contribution in [0.4, 0.5) is 0 Å². The van der Waals surface area contributed by atoms with E-state index in [4.69, 9.17) is 9.84 Å². The topological polar surface area (TPSA) is 35.9 Å². The van der Waals surface area contributed by atoms with Crippen molar-refractivity contribution in [3.05, 3.63) is 35.9 Å². The normalized spacial score (nSPS) is 19.5. The Morgan fingerprint density at radius 3 is 2.32 bits per heavy atom. The number of piperazine rings is 1. The van der Waals surface area contributed by atoms with Gasteiger partial charge in [-0.1, -0.05) is 30.3 Å². The molecule has 4 nitrogen and oxygen atoms in total. The average Bonchev–Trinajstić information content (AvgIpc) is 2.48. The number of aliphatic hydroxyl groups is 1. The number of rotatable bonds is 6. The van der Waals surface area contributed by atoms with Crippen LogP contribution in [0.2, 0.25) is 0 Å². The largest absolute Gasteiger partial charge is 0.381 e. The zero-order valence-electron chi connectivity index (χ0n) is 11.7. The van der Waals surface area contributed by atoms with Gasteiger partial charge in [-0.15, -0.1) is 0 Å². The minimum atomic E-state index is 0.145. The van der Waals surface area contributed by atoms with Crippen LogP contribution in [0, 0.1) is 0 Å². The number of ether oxygens (including phenoxy) is 1. The highest BCUT2D eigenvalue weighted by molar-refractivity contribution is 5.18. The van der Waals surface area contributed by atoms with Gasteiger partial charge in [-0.05, 0) is 12.5 Å². The van der Waals surface area contributed by atoms with Crippen molar-refractivity contribution < 1.29 is 9.84 Å². The van der Waals surface area contributed by atoms with Gasteiger partial charge in [0, 0.05) is 39.3 Å². The van der Waals surface area contributed by atoms with Gasteiger partial charge in [0.05, 0.1) is 12.8 Å². The van der Waals surface area contributed by atoms with Gasteiger partial charge in [0.15, 0.2) is 0 Å². The van der Waals surface area contributed by atoms with Crippen molar-refractivity contribution in [3.63, 3.8) is 0 Å². The maximum atomic E-state index is 9.10. The van der Waals surface area contributed by atoms with E-state index < -0.39 is 0 Å². The Bertz CT molecular complexity index is 350. The Kier molecular flexibility index (Phi) is 5.79. The van der Waals surface area contributed by atoms with E-state index in [1.165, 1.54) is 5.56 Å². The number of hydrogen-bond acceptors (Lipinski definition) is 4. The van der Waals surface area contributed by atoms with E-state index in [0.717, 1.165) is 39.3 Å². The number of nitrogens with zero attached hydrogens (tertiary/aromatic N) is 2. The molecule has 0 amide bonds. The molecule has 1 aliphatic heterocycles. The zero-order valence-corrected chi connectivity index (χ0v) is 11.7. The molecule has 4 heteroatoms. The van der Waals surface area contributed by atoms with E-state index in [1.54, 1.807) is 0 Å². The SMILES string of the molecule is CCOC(CN1CCN(CO)CC1)c1ccccc1. The maximum Gasteiger partial charge on any atom is 0.0957 e. The van der Waals surface area contributed by atoms with Gasteiger partial charge < -0.3 is 9.84 Å². The summed E-state index contributed by atoms with van der Waals surface area (Å²) < 4.78 is 5.88. The van der Waals surface area contributed by atoms with Crippen molar-refractivity contribution in [2.45, 2.75) is 13.0 Å². The first-order valence-corrected chi connectivity index (χ1v) is 7.05. The van der Waals surface area contributed by atoms with E-state index in [1.807, 2.05) is 13.0 Å². The molecule has 0 saturated carbocycles. The highest BCUT2D eigenvalue weighted by Crippen LogP contribution is 2.19. The summed E-state index contributed by atoms with van der Waals surface area (Å²) in [6.45, 7) is 7.73. The molecule has 0 bridgehead atoms. The molecule has 0 spiro atoms. The molecule has 0 radical (unpaired) electrons. The van der Waals surface area contributed by atoms with Crippen LogP contribution >= 0.6 is 0 Å². The highest BCUT2D eigenvalue weighted by Gasteiger charge is 2.20. The lowest BCUT2D eigenvalue weighted by atomic mass is 10.1. The molecular weight excluding hydrogens is 240 g/mol. The molecule has 1 aromatic carbocycles. The molecule has 106 valence electrons. The summed E-state index contributed by atoms with van der Waals surface area (Å²) in [5, 5.41) is 9.10. The lowest BCUT2D eigenvalue weighted by molar-refractivity contribution is 0.00472. The molecule has 1 unspecified atom stereocenters. The average molecular weight is 264 g/mol. The summed E-state index contributed by atoms with van der Waals surface area (Å²) in [6, 6.07) is 10.4. The number of aliphatic hydroxyl groups excluding tert-OH is 1. The van der Waals surface area contributed by atoms with Crippen molar-refractivity contribution in [2.24, 2.45) is 0 Å². The summed E-state index contributed by atoms with van der Waals surface area (Å²) in [5.74, 6) is 0. The molecule has 1 fully saturated rings. The van der Waals surface area contributed by atoms with E-state index in [2.05, 4.69) is 34.1 Å². The van der Waals surface area contributed by atoms with E-state index in [9.17, 15) is 0 Å². The Hall–Kier alpha value is -0.940. The molecule has 1 aliphatic rings. The van der Waals surface area contributed by atoms with Crippen molar-refractivity contribution in [3.8, 4) is 0 Å². The molecule has 0 aromatic heterocycles. The summed E-state index contributed by atoms with van der Waals surface area (Å²) in [6.07, 6.45) is 0.145. The van der Waals surface area contributed by atoms with Crippen LogP contribution in [-0.4, -0.2) is 61.0 Å². The molecule has 19 heavy (non-hydrogen) atoms. The monoisotopic (exact) mass is 264 g/mol. The highest BCUT2D eigenvalue weighted by atomic mass is 16.5. The summed E-state index contributed by atoms with van der Waals surface area (Å²) >= 11 is 0. The lowest BCUT2D eigenvalue weighted by Gasteiger charge is -2.35. The number of hydrogen-bond donors (Lipinski definition) is 1. The first-order valence-electron chi connectivity index (χ1n) is 7.05. The molecule has 0 aliphatic carbocycles. The quantitative estimate of drug-likeness (QED) is 0.841.